The molecule has 4 heteroatoms. The van der Waals surface area contributed by atoms with Crippen LogP contribution in [0.25, 0.3) is 11.0 Å². The number of hydrogen-bond donors (Lipinski definition) is 1. The van der Waals surface area contributed by atoms with Gasteiger partial charge in [-0.25, -0.2) is 4.79 Å². The Bertz CT molecular complexity index is 652. The summed E-state index contributed by atoms with van der Waals surface area (Å²) >= 11 is 0. The second-order valence-corrected chi connectivity index (χ2v) is 3.89. The smallest absolute Gasteiger partial charge is 0.336 e. The molecule has 1 heterocycles. The quantitative estimate of drug-likeness (QED) is 0.637. The Labute approximate surface area is 97.5 Å². The summed E-state index contributed by atoms with van der Waals surface area (Å²) in [7, 11) is 0. The lowest BCUT2D eigenvalue weighted by atomic mass is 10.0. The zero-order valence-electron chi connectivity index (χ0n) is 9.61. The summed E-state index contributed by atoms with van der Waals surface area (Å²) in [5.41, 5.74) is 0.808. The number of ketones is 1. The molecule has 0 amide bonds. The maximum Gasteiger partial charge on any atom is 0.336 e. The monoisotopic (exact) mass is 232 g/mol. The second-order valence-electron chi connectivity index (χ2n) is 3.89. The van der Waals surface area contributed by atoms with Crippen LogP contribution < -0.4 is 5.63 Å². The molecule has 0 saturated carbocycles. The fourth-order valence-corrected chi connectivity index (χ4v) is 1.77. The van der Waals surface area contributed by atoms with E-state index in [0.717, 1.165) is 5.56 Å². The molecule has 2 aromatic rings. The number of rotatable bonds is 2. The van der Waals surface area contributed by atoms with Crippen molar-refractivity contribution in [2.75, 3.05) is 0 Å². The minimum atomic E-state index is -0.469. The van der Waals surface area contributed by atoms with Crippen molar-refractivity contribution in [3.05, 3.63) is 39.7 Å². The van der Waals surface area contributed by atoms with Gasteiger partial charge in [-0.05, 0) is 18.6 Å². The largest absolute Gasteiger partial charge is 0.507 e. The first kappa shape index (κ1) is 11.4. The average molecular weight is 232 g/mol. The molecule has 4 nitrogen and oxygen atoms in total. The Morgan fingerprint density at radius 1 is 1.35 bits per heavy atom. The van der Waals surface area contributed by atoms with Crippen molar-refractivity contribution in [1.29, 1.82) is 0 Å². The zero-order valence-corrected chi connectivity index (χ0v) is 9.61. The molecule has 17 heavy (non-hydrogen) atoms. The summed E-state index contributed by atoms with van der Waals surface area (Å²) in [6, 6.07) is 4.24. The van der Waals surface area contributed by atoms with Crippen LogP contribution in [0.5, 0.6) is 5.75 Å². The van der Waals surface area contributed by atoms with Gasteiger partial charge in [-0.1, -0.05) is 6.92 Å². The molecule has 0 saturated heterocycles. The van der Waals surface area contributed by atoms with Crippen molar-refractivity contribution in [3.8, 4) is 5.75 Å². The first-order valence-corrected chi connectivity index (χ1v) is 5.33. The standard InChI is InChI=1S/C13H12O4/c1-3-10(14)9-5-8-7(2)4-13(16)17-12(8)6-11(9)15/h4-6,15H,3H2,1-2H3. The van der Waals surface area contributed by atoms with Gasteiger partial charge in [-0.2, -0.15) is 0 Å². The third-order valence-electron chi connectivity index (χ3n) is 2.69. The second kappa shape index (κ2) is 4.05. The molecule has 1 aromatic carbocycles. The summed E-state index contributed by atoms with van der Waals surface area (Å²) in [5, 5.41) is 10.4. The lowest BCUT2D eigenvalue weighted by Crippen LogP contribution is -2.01. The van der Waals surface area contributed by atoms with Crippen LogP contribution >= 0.6 is 0 Å². The normalized spacial score (nSPS) is 10.7. The van der Waals surface area contributed by atoms with Gasteiger partial charge in [0.15, 0.2) is 5.78 Å². The van der Waals surface area contributed by atoms with Crippen LogP contribution in [0.3, 0.4) is 0 Å². The highest BCUT2D eigenvalue weighted by Crippen LogP contribution is 2.27. The molecule has 0 radical (unpaired) electrons. The molecule has 0 aliphatic heterocycles. The summed E-state index contributed by atoms with van der Waals surface area (Å²) in [4.78, 5) is 22.8. The molecule has 0 fully saturated rings. The van der Waals surface area contributed by atoms with Crippen molar-refractivity contribution in [1.82, 2.24) is 0 Å². The van der Waals surface area contributed by atoms with Gasteiger partial charge in [0.2, 0.25) is 0 Å². The van der Waals surface area contributed by atoms with Crippen LogP contribution in [-0.2, 0) is 0 Å². The first-order chi connectivity index (χ1) is 8.02. The lowest BCUT2D eigenvalue weighted by molar-refractivity contribution is 0.0986. The molecule has 88 valence electrons. The topological polar surface area (TPSA) is 67.5 Å². The molecular formula is C13H12O4. The summed E-state index contributed by atoms with van der Waals surface area (Å²) in [6.07, 6.45) is 0.314. The number of benzene rings is 1. The highest BCUT2D eigenvalue weighted by molar-refractivity contribution is 6.02. The van der Waals surface area contributed by atoms with E-state index in [1.54, 1.807) is 19.9 Å². The van der Waals surface area contributed by atoms with Crippen molar-refractivity contribution >= 4 is 16.8 Å². The average Bonchev–Trinajstić information content (AvgIpc) is 2.27. The number of phenolic OH excluding ortho intramolecular Hbond substituents is 1. The van der Waals surface area contributed by atoms with Crippen molar-refractivity contribution in [3.63, 3.8) is 0 Å². The van der Waals surface area contributed by atoms with Gasteiger partial charge in [-0.3, -0.25) is 4.79 Å². The van der Waals surface area contributed by atoms with E-state index in [4.69, 9.17) is 4.42 Å². The highest BCUT2D eigenvalue weighted by Gasteiger charge is 2.13. The SMILES string of the molecule is CCC(=O)c1cc2c(C)cc(=O)oc2cc1O. The van der Waals surface area contributed by atoms with Crippen molar-refractivity contribution < 1.29 is 14.3 Å². The molecule has 0 aliphatic carbocycles. The number of hydrogen-bond acceptors (Lipinski definition) is 4. The van der Waals surface area contributed by atoms with E-state index >= 15 is 0 Å². The van der Waals surface area contributed by atoms with Gasteiger partial charge in [0.05, 0.1) is 5.56 Å². The van der Waals surface area contributed by atoms with Crippen LogP contribution in [-0.4, -0.2) is 10.9 Å². The number of carbonyl (C=O) groups is 1. The van der Waals surface area contributed by atoms with E-state index < -0.39 is 5.63 Å². The molecular weight excluding hydrogens is 220 g/mol. The maximum absolute atomic E-state index is 11.6. The summed E-state index contributed by atoms with van der Waals surface area (Å²) in [6.45, 7) is 3.49. The number of aryl methyl sites for hydroxylation is 1. The number of Topliss-reactive ketones (excluding diaryl/α,β-unsaturated/α-hetero) is 1. The van der Waals surface area contributed by atoms with Crippen molar-refractivity contribution in [2.24, 2.45) is 0 Å². The van der Waals surface area contributed by atoms with E-state index in [1.807, 2.05) is 0 Å². The number of carbonyl (C=O) groups excluding carboxylic acids is 1. The Hall–Kier alpha value is -2.10. The molecule has 0 aliphatic rings. The first-order valence-electron chi connectivity index (χ1n) is 5.33. The van der Waals surface area contributed by atoms with Gasteiger partial charge < -0.3 is 9.52 Å². The van der Waals surface area contributed by atoms with Gasteiger partial charge in [-0.15, -0.1) is 0 Å². The molecule has 2 rings (SSSR count). The fourth-order valence-electron chi connectivity index (χ4n) is 1.77. The lowest BCUT2D eigenvalue weighted by Gasteiger charge is -2.05. The van der Waals surface area contributed by atoms with Crippen molar-refractivity contribution in [2.45, 2.75) is 20.3 Å². The van der Waals surface area contributed by atoms with Gasteiger partial charge in [0.25, 0.3) is 0 Å². The van der Waals surface area contributed by atoms with Gasteiger partial charge >= 0.3 is 5.63 Å². The van der Waals surface area contributed by atoms with Crippen LogP contribution in [0.2, 0.25) is 0 Å². The third kappa shape index (κ3) is 1.93. The molecule has 0 bridgehead atoms. The van der Waals surface area contributed by atoms with Crippen LogP contribution in [0.1, 0.15) is 29.3 Å². The molecule has 1 aromatic heterocycles. The van der Waals surface area contributed by atoms with E-state index in [1.165, 1.54) is 12.1 Å². The predicted molar refractivity (Wildman–Crippen MR) is 63.5 cm³/mol. The predicted octanol–water partition coefficient (Wildman–Crippen LogP) is 2.40. The van der Waals surface area contributed by atoms with E-state index in [0.29, 0.717) is 17.4 Å². The number of fused-ring (bicyclic) bond motifs is 1. The van der Waals surface area contributed by atoms with Crippen LogP contribution in [0, 0.1) is 6.92 Å². The Morgan fingerprint density at radius 3 is 2.71 bits per heavy atom. The molecule has 0 spiro atoms. The zero-order chi connectivity index (χ0) is 12.6. The highest BCUT2D eigenvalue weighted by atomic mass is 16.4. The Balaban J connectivity index is 2.80. The van der Waals surface area contributed by atoms with E-state index in [-0.39, 0.29) is 17.1 Å². The summed E-state index contributed by atoms with van der Waals surface area (Å²) < 4.78 is 4.96. The minimum absolute atomic E-state index is 0.144. The third-order valence-corrected chi connectivity index (χ3v) is 2.69. The Kier molecular flexibility index (Phi) is 2.71. The number of phenols is 1. The molecule has 1 N–H and O–H groups in total. The van der Waals surface area contributed by atoms with Crippen LogP contribution in [0.4, 0.5) is 0 Å². The molecule has 0 unspecified atom stereocenters. The maximum atomic E-state index is 11.6. The van der Waals surface area contributed by atoms with Gasteiger partial charge in [0.1, 0.15) is 11.3 Å². The van der Waals surface area contributed by atoms with E-state index in [2.05, 4.69) is 0 Å². The van der Waals surface area contributed by atoms with Gasteiger partial charge in [0, 0.05) is 23.9 Å². The minimum Gasteiger partial charge on any atom is -0.507 e. The Morgan fingerprint density at radius 2 is 2.06 bits per heavy atom. The summed E-state index contributed by atoms with van der Waals surface area (Å²) in [5.74, 6) is -0.298. The fraction of sp³-hybridized carbons (Fsp3) is 0.231. The molecule has 0 atom stereocenters. The number of aromatic hydroxyl groups is 1. The van der Waals surface area contributed by atoms with Crippen LogP contribution in [0.15, 0.2) is 27.4 Å². The van der Waals surface area contributed by atoms with E-state index in [9.17, 15) is 14.7 Å².